The molecule has 0 aromatic heterocycles. The van der Waals surface area contributed by atoms with E-state index in [1.54, 1.807) is 32.0 Å². The van der Waals surface area contributed by atoms with Crippen LogP contribution in [0.4, 0.5) is 26.3 Å². The van der Waals surface area contributed by atoms with E-state index in [-0.39, 0.29) is 11.2 Å². The molecule has 0 saturated heterocycles. The molecule has 2 rings (SSSR count). The lowest BCUT2D eigenvalue weighted by molar-refractivity contribution is -0.370. The number of rotatable bonds is 7. The number of phenols is 1. The summed E-state index contributed by atoms with van der Waals surface area (Å²) in [4.78, 5) is 0. The van der Waals surface area contributed by atoms with Crippen LogP contribution in [0.3, 0.4) is 0 Å². The number of hydrogen-bond donors (Lipinski definition) is 1. The third-order valence-electron chi connectivity index (χ3n) is 5.81. The number of phenolic OH excluding ortho intramolecular Hbond substituents is 1. The van der Waals surface area contributed by atoms with Gasteiger partial charge in [0.1, 0.15) is 5.75 Å². The van der Waals surface area contributed by atoms with E-state index < -0.39 is 18.6 Å². The average Bonchev–Trinajstić information content (AvgIpc) is 2.68. The molecular formula is C24H26F6O2. The van der Waals surface area contributed by atoms with E-state index in [2.05, 4.69) is 4.74 Å². The average molecular weight is 460 g/mol. The first-order chi connectivity index (χ1) is 14.7. The number of halogens is 6. The molecule has 0 bridgehead atoms. The van der Waals surface area contributed by atoms with Crippen LogP contribution in [-0.4, -0.2) is 23.7 Å². The minimum absolute atomic E-state index is 0.187. The Morgan fingerprint density at radius 1 is 0.875 bits per heavy atom. The molecule has 32 heavy (non-hydrogen) atoms. The van der Waals surface area contributed by atoms with Crippen LogP contribution in [0.1, 0.15) is 54.5 Å². The predicted molar refractivity (Wildman–Crippen MR) is 111 cm³/mol. The highest BCUT2D eigenvalue weighted by Gasteiger charge is 2.46. The van der Waals surface area contributed by atoms with E-state index in [0.717, 1.165) is 35.6 Å². The maximum absolute atomic E-state index is 12.9. The zero-order valence-electron chi connectivity index (χ0n) is 18.2. The zero-order chi connectivity index (χ0) is 24.3. The molecule has 8 heteroatoms. The van der Waals surface area contributed by atoms with Gasteiger partial charge in [-0.15, -0.1) is 13.2 Å². The van der Waals surface area contributed by atoms with E-state index >= 15 is 0 Å². The van der Waals surface area contributed by atoms with Gasteiger partial charge in [-0.25, -0.2) is 0 Å². The third kappa shape index (κ3) is 5.85. The molecule has 0 fully saturated rings. The SMILES string of the molecule is CCC(CC)(c1ccc(O)c(C)c1)c1ccc(/C=C/C(OC(F)(F)F)C(F)(F)F)c(C)c1. The van der Waals surface area contributed by atoms with Crippen molar-refractivity contribution < 1.29 is 36.2 Å². The fourth-order valence-electron chi connectivity index (χ4n) is 3.90. The third-order valence-corrected chi connectivity index (χ3v) is 5.81. The second kappa shape index (κ2) is 9.57. The van der Waals surface area contributed by atoms with Crippen molar-refractivity contribution in [3.05, 3.63) is 70.3 Å². The topological polar surface area (TPSA) is 29.5 Å². The standard InChI is InChI=1S/C24H26F6O2/c1-5-22(6-2,19-10-11-20(31)16(4)14-19)18-9-7-17(15(3)13-18)8-12-21(23(25,26)27)32-24(28,29)30/h7-14,21,31H,5-6H2,1-4H3/b12-8+. The van der Waals surface area contributed by atoms with E-state index in [4.69, 9.17) is 0 Å². The van der Waals surface area contributed by atoms with Crippen molar-refractivity contribution in [1.29, 1.82) is 0 Å². The number of ether oxygens (including phenoxy) is 1. The highest BCUT2D eigenvalue weighted by molar-refractivity contribution is 5.57. The number of benzene rings is 2. The van der Waals surface area contributed by atoms with Crippen molar-refractivity contribution in [3.63, 3.8) is 0 Å². The minimum atomic E-state index is -5.41. The lowest BCUT2D eigenvalue weighted by Gasteiger charge is -2.34. The van der Waals surface area contributed by atoms with Crippen molar-refractivity contribution in [2.24, 2.45) is 0 Å². The quantitative estimate of drug-likeness (QED) is 0.431. The van der Waals surface area contributed by atoms with Gasteiger partial charge in [-0.05, 0) is 66.6 Å². The molecule has 0 aliphatic carbocycles. The van der Waals surface area contributed by atoms with E-state index in [9.17, 15) is 31.4 Å². The van der Waals surface area contributed by atoms with Crippen LogP contribution in [0.15, 0.2) is 42.5 Å². The molecule has 1 N–H and O–H groups in total. The summed E-state index contributed by atoms with van der Waals surface area (Å²) < 4.78 is 79.0. The molecule has 2 aromatic carbocycles. The van der Waals surface area contributed by atoms with Crippen LogP contribution in [0, 0.1) is 13.8 Å². The van der Waals surface area contributed by atoms with Gasteiger partial charge in [-0.3, -0.25) is 4.74 Å². The second-order valence-corrected chi connectivity index (χ2v) is 7.75. The van der Waals surface area contributed by atoms with Gasteiger partial charge >= 0.3 is 12.5 Å². The van der Waals surface area contributed by atoms with Crippen LogP contribution in [-0.2, 0) is 10.2 Å². The summed E-state index contributed by atoms with van der Waals surface area (Å²) in [5, 5.41) is 9.87. The Hall–Kier alpha value is -2.48. The summed E-state index contributed by atoms with van der Waals surface area (Å²) in [5.74, 6) is 0.187. The lowest BCUT2D eigenvalue weighted by atomic mass is 9.70. The van der Waals surface area contributed by atoms with Gasteiger partial charge in [0.05, 0.1) is 0 Å². The molecule has 2 nitrogen and oxygen atoms in total. The monoisotopic (exact) mass is 460 g/mol. The highest BCUT2D eigenvalue weighted by Crippen LogP contribution is 2.41. The van der Waals surface area contributed by atoms with Crippen molar-refractivity contribution in [1.82, 2.24) is 0 Å². The van der Waals surface area contributed by atoms with Crippen LogP contribution in [0.2, 0.25) is 0 Å². The molecule has 1 unspecified atom stereocenters. The van der Waals surface area contributed by atoms with Gasteiger partial charge in [0.15, 0.2) is 6.10 Å². The minimum Gasteiger partial charge on any atom is -0.508 e. The molecule has 0 spiro atoms. The van der Waals surface area contributed by atoms with Crippen molar-refractivity contribution in [3.8, 4) is 5.75 Å². The number of aromatic hydroxyl groups is 1. The summed E-state index contributed by atoms with van der Waals surface area (Å²) in [7, 11) is 0. The Morgan fingerprint density at radius 2 is 1.41 bits per heavy atom. The molecule has 0 amide bonds. The Kier molecular flexibility index (Phi) is 7.71. The van der Waals surface area contributed by atoms with Gasteiger partial charge in [-0.2, -0.15) is 13.2 Å². The Morgan fingerprint density at radius 3 is 1.84 bits per heavy atom. The van der Waals surface area contributed by atoms with E-state index in [1.807, 2.05) is 32.0 Å². The van der Waals surface area contributed by atoms with Gasteiger partial charge in [0, 0.05) is 5.41 Å². The molecule has 2 aromatic rings. The molecular weight excluding hydrogens is 434 g/mol. The molecule has 0 aliphatic heterocycles. The number of aryl methyl sites for hydroxylation is 2. The highest BCUT2D eigenvalue weighted by atomic mass is 19.4. The molecule has 0 saturated carbocycles. The number of hydrogen-bond acceptors (Lipinski definition) is 2. The van der Waals surface area contributed by atoms with Gasteiger partial charge in [-0.1, -0.05) is 50.3 Å². The zero-order valence-corrected chi connectivity index (χ0v) is 18.2. The Balaban J connectivity index is 2.44. The summed E-state index contributed by atoms with van der Waals surface area (Å²) >= 11 is 0. The maximum atomic E-state index is 12.9. The fourth-order valence-corrected chi connectivity index (χ4v) is 3.90. The Bertz CT molecular complexity index is 956. The first-order valence-electron chi connectivity index (χ1n) is 10.1. The van der Waals surface area contributed by atoms with Crippen LogP contribution >= 0.6 is 0 Å². The van der Waals surface area contributed by atoms with Gasteiger partial charge < -0.3 is 5.11 Å². The van der Waals surface area contributed by atoms with Crippen LogP contribution in [0.25, 0.3) is 6.08 Å². The Labute approximate surface area is 183 Å². The summed E-state index contributed by atoms with van der Waals surface area (Å²) in [5.41, 5.74) is 3.25. The summed E-state index contributed by atoms with van der Waals surface area (Å²) in [6.07, 6.45) is -10.9. The largest absolute Gasteiger partial charge is 0.523 e. The van der Waals surface area contributed by atoms with E-state index in [1.165, 1.54) is 0 Å². The molecule has 0 radical (unpaired) electrons. The maximum Gasteiger partial charge on any atom is 0.523 e. The lowest BCUT2D eigenvalue weighted by Crippen LogP contribution is -2.34. The molecule has 1 atom stereocenters. The van der Waals surface area contributed by atoms with Crippen LogP contribution < -0.4 is 0 Å². The normalized spacial score (nSPS) is 14.2. The number of alkyl halides is 6. The van der Waals surface area contributed by atoms with Gasteiger partial charge in [0.25, 0.3) is 0 Å². The first kappa shape index (κ1) is 25.8. The summed E-state index contributed by atoms with van der Waals surface area (Å²) in [6, 6.07) is 10.6. The van der Waals surface area contributed by atoms with Crippen molar-refractivity contribution in [2.75, 3.05) is 0 Å². The first-order valence-corrected chi connectivity index (χ1v) is 10.1. The molecule has 0 aliphatic rings. The van der Waals surface area contributed by atoms with Crippen molar-refractivity contribution >= 4 is 6.08 Å². The molecule has 0 heterocycles. The van der Waals surface area contributed by atoms with Gasteiger partial charge in [0.2, 0.25) is 0 Å². The van der Waals surface area contributed by atoms with E-state index in [0.29, 0.717) is 17.2 Å². The fraction of sp³-hybridized carbons (Fsp3) is 0.417. The molecule has 176 valence electrons. The smallest absolute Gasteiger partial charge is 0.508 e. The van der Waals surface area contributed by atoms with Crippen LogP contribution in [0.5, 0.6) is 5.75 Å². The predicted octanol–water partition coefficient (Wildman–Crippen LogP) is 7.60. The second-order valence-electron chi connectivity index (χ2n) is 7.75. The summed E-state index contributed by atoms with van der Waals surface area (Å²) in [6.45, 7) is 7.54. The van der Waals surface area contributed by atoms with Crippen molar-refractivity contribution in [2.45, 2.75) is 64.6 Å².